The molecular formula is C13H18O2S. The molecule has 2 aliphatic rings. The summed E-state index contributed by atoms with van der Waals surface area (Å²) in [7, 11) is 0. The summed E-state index contributed by atoms with van der Waals surface area (Å²) < 4.78 is 5.29. The second-order valence-electron chi connectivity index (χ2n) is 4.43. The number of carbonyl (C=O) groups excluding carboxylic acids is 1. The summed E-state index contributed by atoms with van der Waals surface area (Å²) in [5.74, 6) is 0.715. The maximum atomic E-state index is 11.6. The van der Waals surface area contributed by atoms with Crippen LogP contribution in [0.25, 0.3) is 0 Å². The first-order valence-electron chi connectivity index (χ1n) is 6.02. The van der Waals surface area contributed by atoms with Gasteiger partial charge in [-0.3, -0.25) is 4.79 Å². The van der Waals surface area contributed by atoms with Crippen molar-refractivity contribution in [2.45, 2.75) is 50.2 Å². The van der Waals surface area contributed by atoms with E-state index in [4.69, 9.17) is 4.74 Å². The summed E-state index contributed by atoms with van der Waals surface area (Å²) in [5, 5.41) is 0.0528. The van der Waals surface area contributed by atoms with Gasteiger partial charge in [0.2, 0.25) is 0 Å². The first kappa shape index (κ1) is 11.8. The fraction of sp³-hybridized carbons (Fsp3) is 0.615. The van der Waals surface area contributed by atoms with Gasteiger partial charge in [0.05, 0.1) is 6.42 Å². The smallest absolute Gasteiger partial charge is 0.312 e. The molecule has 1 atom stereocenters. The molecule has 0 aromatic heterocycles. The van der Waals surface area contributed by atoms with Crippen molar-refractivity contribution in [2.75, 3.05) is 0 Å². The molecule has 0 saturated carbocycles. The molecule has 2 rings (SSSR count). The summed E-state index contributed by atoms with van der Waals surface area (Å²) in [5.41, 5.74) is 1.31. The zero-order chi connectivity index (χ0) is 11.4. The summed E-state index contributed by atoms with van der Waals surface area (Å²) in [6.07, 6.45) is 11.1. The Hall–Kier alpha value is -0.700. The second-order valence-corrected chi connectivity index (χ2v) is 5.05. The van der Waals surface area contributed by atoms with E-state index in [1.807, 2.05) is 6.08 Å². The van der Waals surface area contributed by atoms with Crippen LogP contribution in [0.1, 0.15) is 44.9 Å². The standard InChI is InChI=1S/C13H18O2S/c14-13(15-11-7-3-4-8-11)9-12(16)10-5-1-2-6-10/h5,7,12,16H,1-4,6,8-9H2. The van der Waals surface area contributed by atoms with E-state index >= 15 is 0 Å². The number of ether oxygens (including phenoxy) is 1. The summed E-state index contributed by atoms with van der Waals surface area (Å²) in [4.78, 5) is 11.6. The summed E-state index contributed by atoms with van der Waals surface area (Å²) in [6.45, 7) is 0. The van der Waals surface area contributed by atoms with Crippen molar-refractivity contribution in [2.24, 2.45) is 0 Å². The van der Waals surface area contributed by atoms with Crippen LogP contribution in [0.3, 0.4) is 0 Å². The third-order valence-electron chi connectivity index (χ3n) is 3.11. The van der Waals surface area contributed by atoms with Crippen LogP contribution in [0.2, 0.25) is 0 Å². The van der Waals surface area contributed by atoms with E-state index in [1.165, 1.54) is 12.0 Å². The Labute approximate surface area is 102 Å². The van der Waals surface area contributed by atoms with Gasteiger partial charge in [-0.25, -0.2) is 0 Å². The van der Waals surface area contributed by atoms with Gasteiger partial charge in [0.25, 0.3) is 0 Å². The zero-order valence-corrected chi connectivity index (χ0v) is 10.3. The predicted octanol–water partition coefficient (Wildman–Crippen LogP) is 3.40. The van der Waals surface area contributed by atoms with E-state index < -0.39 is 0 Å². The fourth-order valence-electron chi connectivity index (χ4n) is 2.21. The minimum atomic E-state index is -0.138. The second kappa shape index (κ2) is 5.58. The molecule has 0 N–H and O–H groups in total. The van der Waals surface area contributed by atoms with Crippen molar-refractivity contribution >= 4 is 18.6 Å². The lowest BCUT2D eigenvalue weighted by molar-refractivity contribution is -0.139. The molecule has 0 amide bonds. The lowest BCUT2D eigenvalue weighted by atomic mass is 10.1. The van der Waals surface area contributed by atoms with Crippen molar-refractivity contribution in [3.05, 3.63) is 23.5 Å². The fourth-order valence-corrected chi connectivity index (χ4v) is 2.59. The van der Waals surface area contributed by atoms with Crippen LogP contribution in [0.15, 0.2) is 23.5 Å². The van der Waals surface area contributed by atoms with E-state index in [0.29, 0.717) is 6.42 Å². The van der Waals surface area contributed by atoms with Gasteiger partial charge in [-0.2, -0.15) is 12.6 Å². The minimum Gasteiger partial charge on any atom is -0.431 e. The van der Waals surface area contributed by atoms with Gasteiger partial charge in [-0.15, -0.1) is 0 Å². The topological polar surface area (TPSA) is 26.3 Å². The molecule has 88 valence electrons. The van der Waals surface area contributed by atoms with Crippen molar-refractivity contribution in [3.63, 3.8) is 0 Å². The van der Waals surface area contributed by atoms with E-state index in [2.05, 4.69) is 18.7 Å². The molecule has 0 bridgehead atoms. The Balaban J connectivity index is 1.77. The zero-order valence-electron chi connectivity index (χ0n) is 9.45. The van der Waals surface area contributed by atoms with Crippen LogP contribution < -0.4 is 0 Å². The van der Waals surface area contributed by atoms with Crippen molar-refractivity contribution in [1.29, 1.82) is 0 Å². The van der Waals surface area contributed by atoms with Crippen LogP contribution in [-0.4, -0.2) is 11.2 Å². The van der Waals surface area contributed by atoms with Gasteiger partial charge in [-0.05, 0) is 38.2 Å². The van der Waals surface area contributed by atoms with E-state index in [1.54, 1.807) is 0 Å². The third-order valence-corrected chi connectivity index (χ3v) is 3.62. The van der Waals surface area contributed by atoms with Crippen molar-refractivity contribution < 1.29 is 9.53 Å². The molecule has 2 nitrogen and oxygen atoms in total. The molecule has 0 radical (unpaired) electrons. The Kier molecular flexibility index (Phi) is 4.10. The average molecular weight is 238 g/mol. The first-order valence-corrected chi connectivity index (χ1v) is 6.54. The van der Waals surface area contributed by atoms with Crippen LogP contribution in [0.5, 0.6) is 0 Å². The minimum absolute atomic E-state index is 0.0528. The molecule has 0 aliphatic heterocycles. The van der Waals surface area contributed by atoms with Crippen LogP contribution in [-0.2, 0) is 9.53 Å². The van der Waals surface area contributed by atoms with Crippen LogP contribution >= 0.6 is 12.6 Å². The van der Waals surface area contributed by atoms with Gasteiger partial charge < -0.3 is 4.74 Å². The largest absolute Gasteiger partial charge is 0.431 e. The first-order chi connectivity index (χ1) is 7.75. The Morgan fingerprint density at radius 2 is 2.06 bits per heavy atom. The Bertz CT molecular complexity index is 331. The molecule has 3 heteroatoms. The van der Waals surface area contributed by atoms with Gasteiger partial charge in [0.1, 0.15) is 5.76 Å². The molecule has 0 heterocycles. The quantitative estimate of drug-likeness (QED) is 0.461. The monoisotopic (exact) mass is 238 g/mol. The van der Waals surface area contributed by atoms with Gasteiger partial charge in [0.15, 0.2) is 0 Å². The number of esters is 1. The Morgan fingerprint density at radius 1 is 1.31 bits per heavy atom. The highest BCUT2D eigenvalue weighted by Crippen LogP contribution is 2.27. The molecule has 0 fully saturated rings. The molecular weight excluding hydrogens is 220 g/mol. The molecule has 1 unspecified atom stereocenters. The third kappa shape index (κ3) is 3.14. The van der Waals surface area contributed by atoms with Gasteiger partial charge in [-0.1, -0.05) is 11.6 Å². The van der Waals surface area contributed by atoms with E-state index in [0.717, 1.165) is 37.9 Å². The average Bonchev–Trinajstić information content (AvgIpc) is 2.88. The number of allylic oxidation sites excluding steroid dienone is 3. The number of hydrogen-bond donors (Lipinski definition) is 1. The number of thiol groups is 1. The van der Waals surface area contributed by atoms with Crippen LogP contribution in [0.4, 0.5) is 0 Å². The van der Waals surface area contributed by atoms with Crippen LogP contribution in [0, 0.1) is 0 Å². The molecule has 16 heavy (non-hydrogen) atoms. The van der Waals surface area contributed by atoms with Crippen molar-refractivity contribution in [3.8, 4) is 0 Å². The van der Waals surface area contributed by atoms with E-state index in [-0.39, 0.29) is 11.2 Å². The Morgan fingerprint density at radius 3 is 2.69 bits per heavy atom. The van der Waals surface area contributed by atoms with Gasteiger partial charge >= 0.3 is 5.97 Å². The molecule has 0 saturated heterocycles. The lowest BCUT2D eigenvalue weighted by Gasteiger charge is -2.11. The molecule has 0 aromatic rings. The summed E-state index contributed by atoms with van der Waals surface area (Å²) >= 11 is 4.47. The highest BCUT2D eigenvalue weighted by Gasteiger charge is 2.19. The molecule has 2 aliphatic carbocycles. The number of carbonyl (C=O) groups is 1. The lowest BCUT2D eigenvalue weighted by Crippen LogP contribution is -2.12. The summed E-state index contributed by atoms with van der Waals surface area (Å²) in [6, 6.07) is 0. The van der Waals surface area contributed by atoms with Gasteiger partial charge in [0, 0.05) is 11.7 Å². The SMILES string of the molecule is O=C(CC(S)C1=CCCC1)OC1=CCCC1. The molecule has 0 aromatic carbocycles. The highest BCUT2D eigenvalue weighted by atomic mass is 32.1. The van der Waals surface area contributed by atoms with Crippen molar-refractivity contribution in [1.82, 2.24) is 0 Å². The maximum absolute atomic E-state index is 11.6. The highest BCUT2D eigenvalue weighted by molar-refractivity contribution is 7.81. The number of hydrogen-bond acceptors (Lipinski definition) is 3. The predicted molar refractivity (Wildman–Crippen MR) is 67.4 cm³/mol. The normalized spacial score (nSPS) is 21.6. The maximum Gasteiger partial charge on any atom is 0.312 e. The van der Waals surface area contributed by atoms with E-state index in [9.17, 15) is 4.79 Å². The molecule has 0 spiro atoms. The number of rotatable bonds is 4.